The van der Waals surface area contributed by atoms with E-state index >= 15 is 0 Å². The van der Waals surface area contributed by atoms with Crippen LogP contribution in [0.15, 0.2) is 70.5 Å². The van der Waals surface area contributed by atoms with Gasteiger partial charge >= 0.3 is 0 Å². The Labute approximate surface area is 187 Å². The standard InChI is InChI=1S/C27H25NO2S/c1-17-11-13-19(14-12-17)31-23-16-15-22(28-18-7-3-2-4-8-18)24-25(23)27(30)21-10-6-5-9-20(21)26(24)29/h5-6,9-16,18,28H,2-4,7-8H2,1H3. The summed E-state index contributed by atoms with van der Waals surface area (Å²) in [4.78, 5) is 29.0. The molecule has 0 radical (unpaired) electrons. The topological polar surface area (TPSA) is 46.2 Å². The smallest absolute Gasteiger partial charge is 0.196 e. The van der Waals surface area contributed by atoms with E-state index in [0.717, 1.165) is 28.3 Å². The van der Waals surface area contributed by atoms with Crippen molar-refractivity contribution in [1.29, 1.82) is 0 Å². The van der Waals surface area contributed by atoms with Crippen molar-refractivity contribution in [3.05, 3.63) is 88.5 Å². The van der Waals surface area contributed by atoms with Crippen molar-refractivity contribution < 1.29 is 9.59 Å². The zero-order valence-electron chi connectivity index (χ0n) is 17.6. The average molecular weight is 428 g/mol. The summed E-state index contributed by atoms with van der Waals surface area (Å²) in [5, 5.41) is 3.61. The van der Waals surface area contributed by atoms with Gasteiger partial charge in [-0.25, -0.2) is 0 Å². The molecule has 4 heteroatoms. The van der Waals surface area contributed by atoms with Gasteiger partial charge < -0.3 is 5.32 Å². The van der Waals surface area contributed by atoms with Crippen LogP contribution in [-0.2, 0) is 0 Å². The van der Waals surface area contributed by atoms with Gasteiger partial charge in [-0.05, 0) is 44.0 Å². The van der Waals surface area contributed by atoms with Crippen LogP contribution in [0.5, 0.6) is 0 Å². The molecule has 2 aliphatic carbocycles. The van der Waals surface area contributed by atoms with E-state index in [9.17, 15) is 9.59 Å². The number of aryl methyl sites for hydroxylation is 1. The zero-order chi connectivity index (χ0) is 21.4. The Morgan fingerprint density at radius 3 is 2.10 bits per heavy atom. The van der Waals surface area contributed by atoms with E-state index in [1.54, 1.807) is 23.9 Å². The highest BCUT2D eigenvalue weighted by molar-refractivity contribution is 7.99. The van der Waals surface area contributed by atoms with Crippen molar-refractivity contribution in [1.82, 2.24) is 0 Å². The van der Waals surface area contributed by atoms with Crippen LogP contribution in [-0.4, -0.2) is 17.6 Å². The summed E-state index contributed by atoms with van der Waals surface area (Å²) < 4.78 is 0. The summed E-state index contributed by atoms with van der Waals surface area (Å²) in [7, 11) is 0. The van der Waals surface area contributed by atoms with Gasteiger partial charge in [0.15, 0.2) is 11.6 Å². The van der Waals surface area contributed by atoms with Gasteiger partial charge in [-0.1, -0.05) is 73.0 Å². The summed E-state index contributed by atoms with van der Waals surface area (Å²) in [6.45, 7) is 2.06. The predicted octanol–water partition coefficient (Wildman–Crippen LogP) is 6.67. The second-order valence-electron chi connectivity index (χ2n) is 8.46. The van der Waals surface area contributed by atoms with Gasteiger partial charge in [-0.15, -0.1) is 0 Å². The molecule has 3 nitrogen and oxygen atoms in total. The van der Waals surface area contributed by atoms with Crippen LogP contribution < -0.4 is 5.32 Å². The van der Waals surface area contributed by atoms with E-state index < -0.39 is 0 Å². The highest BCUT2D eigenvalue weighted by Crippen LogP contribution is 2.41. The molecule has 1 saturated carbocycles. The molecule has 0 amide bonds. The van der Waals surface area contributed by atoms with Crippen LogP contribution >= 0.6 is 11.8 Å². The normalized spacial score (nSPS) is 16.0. The minimum atomic E-state index is -0.0629. The summed E-state index contributed by atoms with van der Waals surface area (Å²) in [5.41, 5.74) is 4.06. The van der Waals surface area contributed by atoms with Gasteiger partial charge in [0, 0.05) is 38.2 Å². The molecule has 1 fully saturated rings. The molecule has 156 valence electrons. The fourth-order valence-corrected chi connectivity index (χ4v) is 5.56. The first-order chi connectivity index (χ1) is 15.1. The fraction of sp³-hybridized carbons (Fsp3) is 0.259. The molecule has 0 unspecified atom stereocenters. The third kappa shape index (κ3) is 3.81. The van der Waals surface area contributed by atoms with E-state index in [4.69, 9.17) is 0 Å². The monoisotopic (exact) mass is 427 g/mol. The minimum absolute atomic E-state index is 0.0603. The number of ketones is 2. The quantitative estimate of drug-likeness (QED) is 0.395. The number of carbonyl (C=O) groups is 2. The van der Waals surface area contributed by atoms with Crippen LogP contribution in [0.25, 0.3) is 0 Å². The fourth-order valence-electron chi connectivity index (χ4n) is 4.60. The summed E-state index contributed by atoms with van der Waals surface area (Å²) in [5.74, 6) is -0.123. The average Bonchev–Trinajstić information content (AvgIpc) is 2.80. The Hall–Kier alpha value is -2.85. The number of anilines is 1. The van der Waals surface area contributed by atoms with Crippen molar-refractivity contribution in [2.24, 2.45) is 0 Å². The molecule has 31 heavy (non-hydrogen) atoms. The van der Waals surface area contributed by atoms with Gasteiger partial charge in [-0.3, -0.25) is 9.59 Å². The Balaban J connectivity index is 1.61. The molecule has 1 N–H and O–H groups in total. The Kier molecular flexibility index (Phi) is 5.41. The molecule has 3 aromatic carbocycles. The first-order valence-corrected chi connectivity index (χ1v) is 11.8. The van der Waals surface area contributed by atoms with E-state index in [-0.39, 0.29) is 11.6 Å². The lowest BCUT2D eigenvalue weighted by molar-refractivity contribution is 0.0977. The lowest BCUT2D eigenvalue weighted by Gasteiger charge is -2.28. The number of carbonyl (C=O) groups excluding carboxylic acids is 2. The van der Waals surface area contributed by atoms with Gasteiger partial charge in [0.05, 0.1) is 5.56 Å². The molecule has 0 aromatic heterocycles. The molecule has 0 aliphatic heterocycles. The number of hydrogen-bond acceptors (Lipinski definition) is 4. The van der Waals surface area contributed by atoms with Crippen molar-refractivity contribution >= 4 is 29.0 Å². The Bertz CT molecular complexity index is 1160. The Morgan fingerprint density at radius 2 is 1.42 bits per heavy atom. The predicted molar refractivity (Wildman–Crippen MR) is 126 cm³/mol. The highest BCUT2D eigenvalue weighted by Gasteiger charge is 2.34. The number of fused-ring (bicyclic) bond motifs is 2. The lowest BCUT2D eigenvalue weighted by atomic mass is 9.83. The summed E-state index contributed by atoms with van der Waals surface area (Å²) in [6.07, 6.45) is 5.89. The highest BCUT2D eigenvalue weighted by atomic mass is 32.2. The lowest BCUT2D eigenvalue weighted by Crippen LogP contribution is -2.27. The van der Waals surface area contributed by atoms with Crippen LogP contribution in [0.4, 0.5) is 5.69 Å². The maximum Gasteiger partial charge on any atom is 0.196 e. The molecular formula is C27H25NO2S. The second-order valence-corrected chi connectivity index (χ2v) is 9.57. The van der Waals surface area contributed by atoms with E-state index in [2.05, 4.69) is 36.5 Å². The van der Waals surface area contributed by atoms with Crippen LogP contribution in [0.2, 0.25) is 0 Å². The van der Waals surface area contributed by atoms with Crippen molar-refractivity contribution in [2.45, 2.75) is 54.9 Å². The molecule has 2 aliphatic rings. The van der Waals surface area contributed by atoms with Gasteiger partial charge in [0.25, 0.3) is 0 Å². The molecule has 0 saturated heterocycles. The van der Waals surface area contributed by atoms with Crippen molar-refractivity contribution in [3.63, 3.8) is 0 Å². The third-order valence-corrected chi connectivity index (χ3v) is 7.32. The molecule has 0 bridgehead atoms. The van der Waals surface area contributed by atoms with E-state index in [1.165, 1.54) is 24.8 Å². The number of benzene rings is 3. The zero-order valence-corrected chi connectivity index (χ0v) is 18.4. The maximum atomic E-state index is 13.6. The van der Waals surface area contributed by atoms with Gasteiger partial charge in [0.2, 0.25) is 0 Å². The summed E-state index contributed by atoms with van der Waals surface area (Å²) >= 11 is 1.55. The molecule has 0 spiro atoms. The van der Waals surface area contributed by atoms with Crippen LogP contribution in [0, 0.1) is 6.92 Å². The second kappa shape index (κ2) is 8.35. The molecule has 0 atom stereocenters. The molecule has 3 aromatic rings. The molecular weight excluding hydrogens is 402 g/mol. The largest absolute Gasteiger partial charge is 0.382 e. The van der Waals surface area contributed by atoms with E-state index in [0.29, 0.717) is 28.3 Å². The Morgan fingerprint density at radius 1 is 0.774 bits per heavy atom. The molecule has 0 heterocycles. The number of hydrogen-bond donors (Lipinski definition) is 1. The maximum absolute atomic E-state index is 13.6. The van der Waals surface area contributed by atoms with Crippen molar-refractivity contribution in [3.8, 4) is 0 Å². The third-order valence-electron chi connectivity index (χ3n) is 6.25. The summed E-state index contributed by atoms with van der Waals surface area (Å²) in [6, 6.07) is 19.8. The van der Waals surface area contributed by atoms with E-state index in [1.807, 2.05) is 24.3 Å². The van der Waals surface area contributed by atoms with Gasteiger partial charge in [-0.2, -0.15) is 0 Å². The SMILES string of the molecule is Cc1ccc(Sc2ccc(NC3CCCCC3)c3c2C(=O)c2ccccc2C3=O)cc1. The first-order valence-electron chi connectivity index (χ1n) is 11.0. The first kappa shape index (κ1) is 20.1. The van der Waals surface area contributed by atoms with Crippen molar-refractivity contribution in [2.75, 3.05) is 5.32 Å². The number of nitrogens with one attached hydrogen (secondary N) is 1. The van der Waals surface area contributed by atoms with Gasteiger partial charge in [0.1, 0.15) is 0 Å². The molecule has 5 rings (SSSR count). The number of rotatable bonds is 4. The minimum Gasteiger partial charge on any atom is -0.382 e. The van der Waals surface area contributed by atoms with Crippen LogP contribution in [0.3, 0.4) is 0 Å². The van der Waals surface area contributed by atoms with Crippen LogP contribution in [0.1, 0.15) is 69.5 Å².